The van der Waals surface area contributed by atoms with Gasteiger partial charge in [-0.15, -0.1) is 0 Å². The van der Waals surface area contributed by atoms with Crippen LogP contribution >= 0.6 is 0 Å². The maximum atomic E-state index is 12.4. The summed E-state index contributed by atoms with van der Waals surface area (Å²) in [6.45, 7) is 13.5. The largest absolute Gasteiger partial charge is 0.508 e. The van der Waals surface area contributed by atoms with Crippen molar-refractivity contribution in [3.05, 3.63) is 59.8 Å². The number of rotatable bonds is 11. The number of aliphatic hydroxyl groups is 1. The first kappa shape index (κ1) is 30.1. The molecule has 0 radical (unpaired) electrons. The molecule has 4 rings (SSSR count). The number of phenolic OH excluding ortho intramolecular Hbond substituents is 1. The highest BCUT2D eigenvalue weighted by Crippen LogP contribution is 2.37. The van der Waals surface area contributed by atoms with E-state index in [0.717, 1.165) is 40.4 Å². The summed E-state index contributed by atoms with van der Waals surface area (Å²) in [6, 6.07) is 3.72. The van der Waals surface area contributed by atoms with Gasteiger partial charge in [-0.3, -0.25) is 4.79 Å². The van der Waals surface area contributed by atoms with Gasteiger partial charge in [-0.25, -0.2) is 0 Å². The fourth-order valence-electron chi connectivity index (χ4n) is 5.50. The van der Waals surface area contributed by atoms with Gasteiger partial charge in [0, 0.05) is 62.2 Å². The Morgan fingerprint density at radius 1 is 1.22 bits per heavy atom. The molecule has 1 saturated heterocycles. The number of anilines is 2. The van der Waals surface area contributed by atoms with Gasteiger partial charge in [-0.05, 0) is 51.6 Å². The van der Waals surface area contributed by atoms with E-state index in [1.807, 2.05) is 38.1 Å². The standard InChI is InChI=1S/C31H42N6O4/c1-6-9-25-22(7-2)18-24(39)19-28(25)35-12-10-26-27(21-35)32-31(41-17-15-34(4)5)33-30(26)37-14-13-36(29(40)8-3)20-23(37)11-16-38/h6-9,18-19,23,38-39H,2-3,10-17,20-21H2,1,4-5H3/b9-6-. The fraction of sp³-hybridized carbons (Fsp3) is 0.452. The lowest BCUT2D eigenvalue weighted by Crippen LogP contribution is -2.55. The van der Waals surface area contributed by atoms with Gasteiger partial charge in [0.15, 0.2) is 0 Å². The lowest BCUT2D eigenvalue weighted by Gasteiger charge is -2.43. The van der Waals surface area contributed by atoms with Crippen LogP contribution in [0, 0.1) is 0 Å². The predicted octanol–water partition coefficient (Wildman–Crippen LogP) is 2.95. The molecule has 10 heteroatoms. The molecule has 2 aromatic rings. The number of piperazine rings is 1. The summed E-state index contributed by atoms with van der Waals surface area (Å²) in [5, 5.41) is 20.4. The Bertz CT molecular complexity index is 1290. The molecule has 41 heavy (non-hydrogen) atoms. The van der Waals surface area contributed by atoms with Gasteiger partial charge in [0.1, 0.15) is 18.2 Å². The molecule has 0 aliphatic carbocycles. The number of phenols is 1. The highest BCUT2D eigenvalue weighted by Gasteiger charge is 2.34. The fourth-order valence-corrected chi connectivity index (χ4v) is 5.50. The van der Waals surface area contributed by atoms with Crippen LogP contribution in [0.1, 0.15) is 35.7 Å². The number of carbonyl (C=O) groups excluding carboxylic acids is 1. The maximum absolute atomic E-state index is 12.4. The molecular formula is C31H42N6O4. The van der Waals surface area contributed by atoms with Crippen molar-refractivity contribution in [3.8, 4) is 11.8 Å². The maximum Gasteiger partial charge on any atom is 0.318 e. The van der Waals surface area contributed by atoms with Crippen molar-refractivity contribution in [2.24, 2.45) is 0 Å². The van der Waals surface area contributed by atoms with Crippen molar-refractivity contribution >= 4 is 29.6 Å². The molecule has 0 bridgehead atoms. The molecule has 1 aromatic carbocycles. The van der Waals surface area contributed by atoms with Gasteiger partial charge in [-0.2, -0.15) is 9.97 Å². The Kier molecular flexibility index (Phi) is 10.0. The SMILES string of the molecule is C=CC(=O)N1CCN(c2nc(OCCN(C)C)nc3c2CCN(c2cc(O)cc(C=C)c2/C=C\C)C3)C(CCO)C1. The Morgan fingerprint density at radius 2 is 2.02 bits per heavy atom. The molecule has 1 atom stereocenters. The average molecular weight is 563 g/mol. The average Bonchev–Trinajstić information content (AvgIpc) is 2.96. The highest BCUT2D eigenvalue weighted by molar-refractivity contribution is 5.87. The predicted molar refractivity (Wildman–Crippen MR) is 163 cm³/mol. The zero-order chi connectivity index (χ0) is 29.5. The van der Waals surface area contributed by atoms with Crippen LogP contribution in [0.15, 0.2) is 37.4 Å². The van der Waals surface area contributed by atoms with E-state index in [0.29, 0.717) is 58.2 Å². The van der Waals surface area contributed by atoms with Crippen molar-refractivity contribution < 1.29 is 19.7 Å². The van der Waals surface area contributed by atoms with E-state index in [1.165, 1.54) is 6.08 Å². The molecule has 2 N–H and O–H groups in total. The van der Waals surface area contributed by atoms with Crippen LogP contribution in [0.2, 0.25) is 0 Å². The highest BCUT2D eigenvalue weighted by atomic mass is 16.5. The number of hydrogen-bond donors (Lipinski definition) is 2. The van der Waals surface area contributed by atoms with Crippen LogP contribution in [0.4, 0.5) is 11.5 Å². The third-order valence-corrected chi connectivity index (χ3v) is 7.56. The lowest BCUT2D eigenvalue weighted by atomic mass is 9.98. The van der Waals surface area contributed by atoms with Gasteiger partial charge < -0.3 is 34.5 Å². The number of hydrogen-bond acceptors (Lipinski definition) is 9. The van der Waals surface area contributed by atoms with Crippen molar-refractivity contribution in [2.75, 3.05) is 69.8 Å². The number of aromatic hydroxyl groups is 1. The van der Waals surface area contributed by atoms with Crippen LogP contribution < -0.4 is 14.5 Å². The van der Waals surface area contributed by atoms with Gasteiger partial charge in [0.05, 0.1) is 18.3 Å². The molecule has 1 fully saturated rings. The number of fused-ring (bicyclic) bond motifs is 1. The van der Waals surface area contributed by atoms with E-state index in [4.69, 9.17) is 14.7 Å². The number of likely N-dealkylation sites (N-methyl/N-ethyl adjacent to an activating group) is 1. The minimum Gasteiger partial charge on any atom is -0.508 e. The molecule has 2 aliphatic rings. The Morgan fingerprint density at radius 3 is 2.71 bits per heavy atom. The second-order valence-electron chi connectivity index (χ2n) is 10.6. The monoisotopic (exact) mass is 562 g/mol. The van der Waals surface area contributed by atoms with Crippen LogP contribution in [-0.2, 0) is 17.8 Å². The third-order valence-electron chi connectivity index (χ3n) is 7.56. The first-order chi connectivity index (χ1) is 19.8. The van der Waals surface area contributed by atoms with E-state index in [9.17, 15) is 15.0 Å². The van der Waals surface area contributed by atoms with E-state index in [-0.39, 0.29) is 24.3 Å². The number of aromatic nitrogens is 2. The number of aliphatic hydroxyl groups excluding tert-OH is 1. The van der Waals surface area contributed by atoms with Crippen molar-refractivity contribution in [2.45, 2.75) is 32.4 Å². The van der Waals surface area contributed by atoms with Crippen LogP contribution in [-0.4, -0.2) is 102 Å². The molecule has 1 aromatic heterocycles. The second-order valence-corrected chi connectivity index (χ2v) is 10.6. The zero-order valence-corrected chi connectivity index (χ0v) is 24.4. The lowest BCUT2D eigenvalue weighted by molar-refractivity contribution is -0.126. The summed E-state index contributed by atoms with van der Waals surface area (Å²) in [5.74, 6) is 0.876. The third kappa shape index (κ3) is 6.89. The quantitative estimate of drug-likeness (QED) is 0.400. The van der Waals surface area contributed by atoms with Crippen LogP contribution in [0.5, 0.6) is 11.8 Å². The number of benzene rings is 1. The van der Waals surface area contributed by atoms with Gasteiger partial charge in [0.2, 0.25) is 5.91 Å². The smallest absolute Gasteiger partial charge is 0.318 e. The van der Waals surface area contributed by atoms with Crippen LogP contribution in [0.25, 0.3) is 12.2 Å². The Hall–Kier alpha value is -3.89. The Balaban J connectivity index is 1.74. The van der Waals surface area contributed by atoms with Crippen LogP contribution in [0.3, 0.4) is 0 Å². The molecule has 10 nitrogen and oxygen atoms in total. The first-order valence-electron chi connectivity index (χ1n) is 14.1. The number of carbonyl (C=O) groups is 1. The number of allylic oxidation sites excluding steroid dienone is 1. The zero-order valence-electron chi connectivity index (χ0n) is 24.4. The summed E-state index contributed by atoms with van der Waals surface area (Å²) in [4.78, 5) is 30.4. The molecule has 0 saturated carbocycles. The number of ether oxygens (including phenoxy) is 1. The molecule has 3 heterocycles. The summed E-state index contributed by atoms with van der Waals surface area (Å²) in [5.41, 5.74) is 4.67. The molecule has 1 amide bonds. The topological polar surface area (TPSA) is 106 Å². The van der Waals surface area contributed by atoms with E-state index < -0.39 is 0 Å². The Labute approximate surface area is 242 Å². The van der Waals surface area contributed by atoms with Gasteiger partial charge >= 0.3 is 6.01 Å². The molecule has 220 valence electrons. The molecule has 1 unspecified atom stereocenters. The summed E-state index contributed by atoms with van der Waals surface area (Å²) >= 11 is 0. The van der Waals surface area contributed by atoms with E-state index in [2.05, 4.69) is 23.0 Å². The second kappa shape index (κ2) is 13.6. The number of nitrogens with zero attached hydrogens (tertiary/aromatic N) is 6. The molecule has 2 aliphatic heterocycles. The van der Waals surface area contributed by atoms with Crippen molar-refractivity contribution in [1.82, 2.24) is 19.8 Å². The normalized spacial score (nSPS) is 17.2. The van der Waals surface area contributed by atoms with Gasteiger partial charge in [0.25, 0.3) is 0 Å². The number of amides is 1. The molecule has 0 spiro atoms. The van der Waals surface area contributed by atoms with Gasteiger partial charge in [-0.1, -0.05) is 31.4 Å². The van der Waals surface area contributed by atoms with Crippen molar-refractivity contribution in [1.29, 1.82) is 0 Å². The summed E-state index contributed by atoms with van der Waals surface area (Å²) in [6.07, 6.45) is 8.30. The minimum absolute atomic E-state index is 0.00138. The van der Waals surface area contributed by atoms with Crippen molar-refractivity contribution in [3.63, 3.8) is 0 Å². The minimum atomic E-state index is -0.109. The van der Waals surface area contributed by atoms with E-state index >= 15 is 0 Å². The summed E-state index contributed by atoms with van der Waals surface area (Å²) in [7, 11) is 3.97. The molecular weight excluding hydrogens is 520 g/mol. The van der Waals surface area contributed by atoms with E-state index in [1.54, 1.807) is 23.1 Å². The summed E-state index contributed by atoms with van der Waals surface area (Å²) < 4.78 is 6.04. The first-order valence-corrected chi connectivity index (χ1v) is 14.1.